The van der Waals surface area contributed by atoms with E-state index in [0.29, 0.717) is 36.5 Å². The molecule has 0 fully saturated rings. The summed E-state index contributed by atoms with van der Waals surface area (Å²) in [5.74, 6) is 0.893. The van der Waals surface area contributed by atoms with Gasteiger partial charge in [0.25, 0.3) is 5.91 Å². The number of benzene rings is 2. The Kier molecular flexibility index (Phi) is 4.77. The van der Waals surface area contributed by atoms with Gasteiger partial charge in [0, 0.05) is 42.4 Å². The monoisotopic (exact) mass is 377 g/mol. The summed E-state index contributed by atoms with van der Waals surface area (Å²) in [6, 6.07) is 12.2. The Labute approximate surface area is 162 Å². The summed E-state index contributed by atoms with van der Waals surface area (Å²) in [6.45, 7) is 2.64. The molecule has 5 nitrogen and oxygen atoms in total. The van der Waals surface area contributed by atoms with Crippen LogP contribution in [0.2, 0.25) is 0 Å². The number of methoxy groups -OCH3 is 1. The van der Waals surface area contributed by atoms with Gasteiger partial charge >= 0.3 is 0 Å². The summed E-state index contributed by atoms with van der Waals surface area (Å²) in [7, 11) is 1.63. The molecule has 1 amide bonds. The summed E-state index contributed by atoms with van der Waals surface area (Å²) in [5.41, 5.74) is 3.67. The van der Waals surface area contributed by atoms with E-state index in [1.165, 1.54) is 6.07 Å². The third kappa shape index (κ3) is 3.45. The van der Waals surface area contributed by atoms with E-state index in [0.717, 1.165) is 22.6 Å². The predicted molar refractivity (Wildman–Crippen MR) is 104 cm³/mol. The molecule has 0 spiro atoms. The number of carbonyl (C=O) groups excluding carboxylic acids is 1. The van der Waals surface area contributed by atoms with Gasteiger partial charge in [-0.2, -0.15) is 0 Å². The number of ether oxygens (including phenoxy) is 1. The summed E-state index contributed by atoms with van der Waals surface area (Å²) in [4.78, 5) is 23.6. The fourth-order valence-electron chi connectivity index (χ4n) is 3.28. The van der Waals surface area contributed by atoms with Crippen LogP contribution in [-0.2, 0) is 13.0 Å². The fraction of sp³-hybridized carbons (Fsp3) is 0.227. The Morgan fingerprint density at radius 3 is 2.68 bits per heavy atom. The van der Waals surface area contributed by atoms with Crippen LogP contribution in [0.4, 0.5) is 4.39 Å². The molecule has 1 aliphatic rings. The number of carbonyl (C=O) groups is 1. The number of nitrogens with zero attached hydrogens (tertiary/aromatic N) is 3. The molecule has 0 saturated carbocycles. The lowest BCUT2D eigenvalue weighted by atomic mass is 10.0. The molecule has 3 aromatic rings. The van der Waals surface area contributed by atoms with E-state index in [-0.39, 0.29) is 11.7 Å². The molecule has 0 atom stereocenters. The van der Waals surface area contributed by atoms with Crippen molar-refractivity contribution in [2.24, 2.45) is 0 Å². The van der Waals surface area contributed by atoms with Crippen molar-refractivity contribution in [3.05, 3.63) is 76.9 Å². The first-order chi connectivity index (χ1) is 13.5. The zero-order chi connectivity index (χ0) is 19.7. The Morgan fingerprint density at radius 2 is 1.96 bits per heavy atom. The third-order valence-electron chi connectivity index (χ3n) is 4.99. The molecule has 0 radical (unpaired) electrons. The van der Waals surface area contributed by atoms with Crippen molar-refractivity contribution in [2.45, 2.75) is 19.9 Å². The van der Waals surface area contributed by atoms with E-state index >= 15 is 0 Å². The van der Waals surface area contributed by atoms with Crippen LogP contribution in [0.5, 0.6) is 5.75 Å². The van der Waals surface area contributed by atoms with Crippen LogP contribution in [0.3, 0.4) is 0 Å². The van der Waals surface area contributed by atoms with Gasteiger partial charge < -0.3 is 9.64 Å². The molecule has 1 aromatic heterocycles. The Bertz CT molecular complexity index is 1030. The average Bonchev–Trinajstić information content (AvgIpc) is 2.74. The highest BCUT2D eigenvalue weighted by atomic mass is 19.1. The zero-order valence-corrected chi connectivity index (χ0v) is 15.8. The average molecular weight is 377 g/mol. The van der Waals surface area contributed by atoms with Crippen LogP contribution in [0.1, 0.15) is 27.2 Å². The minimum absolute atomic E-state index is 0.177. The molecule has 0 N–H and O–H groups in total. The number of amides is 1. The Hall–Kier alpha value is -3.28. The molecule has 6 heteroatoms. The van der Waals surface area contributed by atoms with Crippen LogP contribution in [0, 0.1) is 12.7 Å². The maximum Gasteiger partial charge on any atom is 0.254 e. The smallest absolute Gasteiger partial charge is 0.254 e. The molecule has 0 aliphatic carbocycles. The van der Waals surface area contributed by atoms with Gasteiger partial charge in [-0.15, -0.1) is 0 Å². The topological polar surface area (TPSA) is 55.3 Å². The molecular weight excluding hydrogens is 357 g/mol. The highest BCUT2D eigenvalue weighted by Gasteiger charge is 2.24. The standard InChI is InChI=1S/C22H20FN3O2/c1-14-3-4-16(11-19(14)23)22(27)26-10-9-20-17(13-26)12-24-21(25-20)15-5-7-18(28-2)8-6-15/h3-8,11-12H,9-10,13H2,1-2H3. The van der Waals surface area contributed by atoms with Gasteiger partial charge in [0.2, 0.25) is 0 Å². The van der Waals surface area contributed by atoms with Crippen molar-refractivity contribution in [3.63, 3.8) is 0 Å². The van der Waals surface area contributed by atoms with Gasteiger partial charge in [0.05, 0.1) is 12.8 Å². The first-order valence-electron chi connectivity index (χ1n) is 9.10. The van der Waals surface area contributed by atoms with Crippen LogP contribution >= 0.6 is 0 Å². The first kappa shape index (κ1) is 18.1. The minimum atomic E-state index is -0.365. The van der Waals surface area contributed by atoms with Crippen molar-refractivity contribution in [1.29, 1.82) is 0 Å². The summed E-state index contributed by atoms with van der Waals surface area (Å²) >= 11 is 0. The second-order valence-corrected chi connectivity index (χ2v) is 6.83. The second kappa shape index (κ2) is 7.38. The molecule has 142 valence electrons. The maximum atomic E-state index is 13.8. The molecule has 28 heavy (non-hydrogen) atoms. The van der Waals surface area contributed by atoms with Crippen molar-refractivity contribution < 1.29 is 13.9 Å². The highest BCUT2D eigenvalue weighted by Crippen LogP contribution is 2.24. The largest absolute Gasteiger partial charge is 0.497 e. The summed E-state index contributed by atoms with van der Waals surface area (Å²) < 4.78 is 19.0. The second-order valence-electron chi connectivity index (χ2n) is 6.83. The first-order valence-corrected chi connectivity index (χ1v) is 9.10. The number of aromatic nitrogens is 2. The van der Waals surface area contributed by atoms with Gasteiger partial charge in [-0.3, -0.25) is 4.79 Å². The van der Waals surface area contributed by atoms with Crippen LogP contribution in [-0.4, -0.2) is 34.4 Å². The fourth-order valence-corrected chi connectivity index (χ4v) is 3.28. The number of rotatable bonds is 3. The molecule has 1 aliphatic heterocycles. The molecule has 0 unspecified atom stereocenters. The van der Waals surface area contributed by atoms with Gasteiger partial charge in [-0.1, -0.05) is 6.07 Å². The SMILES string of the molecule is COc1ccc(-c2ncc3c(n2)CCN(C(=O)c2ccc(C)c(F)c2)C3)cc1. The van der Waals surface area contributed by atoms with E-state index < -0.39 is 0 Å². The Morgan fingerprint density at radius 1 is 1.18 bits per heavy atom. The normalized spacial score (nSPS) is 13.2. The van der Waals surface area contributed by atoms with Gasteiger partial charge in [0.15, 0.2) is 5.82 Å². The van der Waals surface area contributed by atoms with E-state index in [1.807, 2.05) is 24.3 Å². The molecule has 0 saturated heterocycles. The molecule has 2 aromatic carbocycles. The quantitative estimate of drug-likeness (QED) is 0.697. The minimum Gasteiger partial charge on any atom is -0.497 e. The number of fused-ring (bicyclic) bond motifs is 1. The molecule has 4 rings (SSSR count). The van der Waals surface area contributed by atoms with E-state index in [4.69, 9.17) is 4.74 Å². The Balaban J connectivity index is 1.54. The number of hydrogen-bond donors (Lipinski definition) is 0. The van der Waals surface area contributed by atoms with Crippen molar-refractivity contribution in [2.75, 3.05) is 13.7 Å². The molecule has 2 heterocycles. The van der Waals surface area contributed by atoms with Gasteiger partial charge in [-0.05, 0) is 48.9 Å². The van der Waals surface area contributed by atoms with Crippen LogP contribution < -0.4 is 4.74 Å². The lowest BCUT2D eigenvalue weighted by molar-refractivity contribution is 0.0733. The van der Waals surface area contributed by atoms with E-state index in [9.17, 15) is 9.18 Å². The lowest BCUT2D eigenvalue weighted by Gasteiger charge is -2.28. The number of aryl methyl sites for hydroxylation is 1. The third-order valence-corrected chi connectivity index (χ3v) is 4.99. The predicted octanol–water partition coefficient (Wildman–Crippen LogP) is 3.80. The van der Waals surface area contributed by atoms with E-state index in [1.54, 1.807) is 37.3 Å². The maximum absolute atomic E-state index is 13.8. The van der Waals surface area contributed by atoms with Crippen LogP contribution in [0.15, 0.2) is 48.7 Å². The number of hydrogen-bond acceptors (Lipinski definition) is 4. The lowest BCUT2D eigenvalue weighted by Crippen LogP contribution is -2.36. The molecule has 0 bridgehead atoms. The van der Waals surface area contributed by atoms with Crippen molar-refractivity contribution in [3.8, 4) is 17.1 Å². The van der Waals surface area contributed by atoms with Crippen molar-refractivity contribution >= 4 is 5.91 Å². The zero-order valence-electron chi connectivity index (χ0n) is 15.8. The van der Waals surface area contributed by atoms with Crippen molar-refractivity contribution in [1.82, 2.24) is 14.9 Å². The molecular formula is C22H20FN3O2. The summed E-state index contributed by atoms with van der Waals surface area (Å²) in [5, 5.41) is 0. The van der Waals surface area contributed by atoms with E-state index in [2.05, 4.69) is 9.97 Å². The number of halogens is 1. The van der Waals surface area contributed by atoms with Gasteiger partial charge in [-0.25, -0.2) is 14.4 Å². The highest BCUT2D eigenvalue weighted by molar-refractivity contribution is 5.94. The van der Waals surface area contributed by atoms with Gasteiger partial charge in [0.1, 0.15) is 11.6 Å². The van der Waals surface area contributed by atoms with Crippen LogP contribution in [0.25, 0.3) is 11.4 Å². The summed E-state index contributed by atoms with van der Waals surface area (Å²) in [6.07, 6.45) is 2.41.